The molecule has 0 radical (unpaired) electrons. The maximum Gasteiger partial charge on any atom is 0.416 e. The Bertz CT molecular complexity index is 995. The third kappa shape index (κ3) is 5.83. The zero-order valence-corrected chi connectivity index (χ0v) is 20.7. The number of benzene rings is 1. The number of nitrogens with zero attached hydrogens (tertiary/aromatic N) is 1. The lowest BCUT2D eigenvalue weighted by Gasteiger charge is -2.28. The van der Waals surface area contributed by atoms with E-state index >= 15 is 0 Å². The van der Waals surface area contributed by atoms with Crippen molar-refractivity contribution >= 4 is 27.5 Å². The van der Waals surface area contributed by atoms with E-state index in [-0.39, 0.29) is 53.2 Å². The van der Waals surface area contributed by atoms with E-state index in [0.717, 1.165) is 25.0 Å². The van der Waals surface area contributed by atoms with E-state index in [0.29, 0.717) is 12.5 Å². The highest BCUT2D eigenvalue weighted by Crippen LogP contribution is 2.41. The van der Waals surface area contributed by atoms with Crippen molar-refractivity contribution in [3.05, 3.63) is 28.8 Å². The second-order valence-corrected chi connectivity index (χ2v) is 12.5. The molecule has 11 heteroatoms. The number of fused-ring (bicyclic) bond motifs is 1. The molecule has 186 valence electrons. The van der Waals surface area contributed by atoms with E-state index in [1.54, 1.807) is 7.05 Å². The van der Waals surface area contributed by atoms with Crippen molar-refractivity contribution in [1.29, 1.82) is 0 Å². The lowest BCUT2D eigenvalue weighted by atomic mass is 9.87. The number of amides is 1. The van der Waals surface area contributed by atoms with Gasteiger partial charge in [-0.3, -0.25) is 4.79 Å². The van der Waals surface area contributed by atoms with Crippen molar-refractivity contribution < 1.29 is 26.4 Å². The molecule has 1 heterocycles. The molecule has 1 aliphatic heterocycles. The van der Waals surface area contributed by atoms with E-state index in [4.69, 9.17) is 11.6 Å². The molecule has 33 heavy (non-hydrogen) atoms. The summed E-state index contributed by atoms with van der Waals surface area (Å²) in [5.74, 6) is -0.0804. The Morgan fingerprint density at radius 3 is 2.42 bits per heavy atom. The second kappa shape index (κ2) is 9.36. The van der Waals surface area contributed by atoms with Crippen molar-refractivity contribution in [3.63, 3.8) is 0 Å². The molecule has 1 aliphatic carbocycles. The van der Waals surface area contributed by atoms with Crippen LogP contribution in [0.2, 0.25) is 5.02 Å². The lowest BCUT2D eigenvalue weighted by molar-refractivity contribution is -0.137. The van der Waals surface area contributed by atoms with Crippen LogP contribution in [0.1, 0.15) is 45.6 Å². The molecule has 0 spiro atoms. The number of hydrogen-bond donors (Lipinski definition) is 2. The predicted molar refractivity (Wildman–Crippen MR) is 120 cm³/mol. The summed E-state index contributed by atoms with van der Waals surface area (Å²) in [6.07, 6.45) is -2.42. The van der Waals surface area contributed by atoms with Gasteiger partial charge >= 0.3 is 6.18 Å². The fraction of sp³-hybridized carbons (Fsp3) is 0.682. The molecule has 1 amide bonds. The molecule has 1 aromatic carbocycles. The molecule has 2 aliphatic rings. The van der Waals surface area contributed by atoms with Crippen LogP contribution in [-0.4, -0.2) is 50.9 Å². The molecule has 0 aromatic heterocycles. The van der Waals surface area contributed by atoms with Gasteiger partial charge in [0.15, 0.2) is 0 Å². The fourth-order valence-electron chi connectivity index (χ4n) is 4.85. The number of alkyl halides is 3. The Morgan fingerprint density at radius 2 is 1.88 bits per heavy atom. The molecule has 0 unspecified atom stereocenters. The maximum absolute atomic E-state index is 13.2. The summed E-state index contributed by atoms with van der Waals surface area (Å²) in [4.78, 5) is 12.5. The van der Waals surface area contributed by atoms with Crippen LogP contribution in [-0.2, 0) is 21.0 Å². The maximum atomic E-state index is 13.2. The molecule has 3 rings (SSSR count). The van der Waals surface area contributed by atoms with Gasteiger partial charge in [0.1, 0.15) is 4.90 Å². The molecule has 2 fully saturated rings. The minimum atomic E-state index is -4.61. The van der Waals surface area contributed by atoms with Crippen molar-refractivity contribution in [1.82, 2.24) is 14.9 Å². The smallest absolute Gasteiger partial charge is 0.352 e. The third-order valence-corrected chi connectivity index (χ3v) is 8.82. The minimum Gasteiger partial charge on any atom is -0.352 e. The Kier molecular flexibility index (Phi) is 7.44. The Hall–Kier alpha value is -1.36. The molecule has 0 bridgehead atoms. The van der Waals surface area contributed by atoms with Gasteiger partial charge in [-0.2, -0.15) is 17.5 Å². The molecule has 4 atom stereocenters. The van der Waals surface area contributed by atoms with E-state index in [1.807, 2.05) is 0 Å². The molecule has 6 nitrogen and oxygen atoms in total. The van der Waals surface area contributed by atoms with Gasteiger partial charge in [-0.1, -0.05) is 32.4 Å². The van der Waals surface area contributed by atoms with E-state index in [1.165, 1.54) is 4.31 Å². The van der Waals surface area contributed by atoms with Gasteiger partial charge in [0, 0.05) is 19.1 Å². The minimum absolute atomic E-state index is 0.0393. The highest BCUT2D eigenvalue weighted by atomic mass is 35.5. The Balaban J connectivity index is 1.72. The quantitative estimate of drug-likeness (QED) is 0.609. The van der Waals surface area contributed by atoms with Crippen LogP contribution in [0.4, 0.5) is 13.2 Å². The van der Waals surface area contributed by atoms with Crippen molar-refractivity contribution in [2.45, 2.75) is 63.2 Å². The van der Waals surface area contributed by atoms with Crippen LogP contribution < -0.4 is 10.6 Å². The van der Waals surface area contributed by atoms with Crippen molar-refractivity contribution in [2.24, 2.45) is 17.3 Å². The molecule has 2 N–H and O–H groups in total. The van der Waals surface area contributed by atoms with Crippen LogP contribution in [0.15, 0.2) is 23.1 Å². The second-order valence-electron chi connectivity index (χ2n) is 10.2. The SMILES string of the molecule is CN[C@@H](CC(C)(C)C)C(=O)N[C@H]1CC[C@@H]2CN(S(=O)(=O)c3ccc(C(F)(F)F)cc3Cl)C[C@@H]21. The van der Waals surface area contributed by atoms with Gasteiger partial charge in [0.25, 0.3) is 0 Å². The number of nitrogens with one attached hydrogen (secondary N) is 2. The van der Waals surface area contributed by atoms with Gasteiger partial charge in [-0.15, -0.1) is 0 Å². The number of rotatable bonds is 6. The first-order valence-corrected chi connectivity index (χ1v) is 12.8. The van der Waals surface area contributed by atoms with Gasteiger partial charge in [0.2, 0.25) is 15.9 Å². The normalized spacial score (nSPS) is 25.2. The summed E-state index contributed by atoms with van der Waals surface area (Å²) in [7, 11) is -2.32. The van der Waals surface area contributed by atoms with Crippen LogP contribution in [0.3, 0.4) is 0 Å². The van der Waals surface area contributed by atoms with Crippen LogP contribution >= 0.6 is 11.6 Å². The molecule has 1 saturated carbocycles. The summed E-state index contributed by atoms with van der Waals surface area (Å²) in [6, 6.07) is 1.78. The third-order valence-electron chi connectivity index (χ3n) is 6.51. The number of likely N-dealkylation sites (N-methyl/N-ethyl adjacent to an activating group) is 1. The summed E-state index contributed by atoms with van der Waals surface area (Å²) in [5, 5.41) is 5.70. The first kappa shape index (κ1) is 26.2. The standard InChI is InChI=1S/C22H31ClF3N3O3S/c1-21(2,3)10-18(27-4)20(30)28-17-7-5-13-11-29(12-15(13)17)33(31,32)19-8-6-14(9-16(19)23)22(24,25)26/h6,8-9,13,15,17-18,27H,5,7,10-12H2,1-4H3,(H,28,30)/t13-,15+,17+,18+/m1/s1. The summed E-state index contributed by atoms with van der Waals surface area (Å²) >= 11 is 5.95. The molecular weight excluding hydrogens is 479 g/mol. The zero-order valence-electron chi connectivity index (χ0n) is 19.2. The van der Waals surface area contributed by atoms with Gasteiger partial charge in [-0.25, -0.2) is 8.42 Å². The van der Waals surface area contributed by atoms with Crippen molar-refractivity contribution in [3.8, 4) is 0 Å². The molecule has 1 aromatic rings. The monoisotopic (exact) mass is 509 g/mol. The van der Waals surface area contributed by atoms with Gasteiger partial charge in [-0.05, 0) is 61.8 Å². The topological polar surface area (TPSA) is 78.5 Å². The van der Waals surface area contributed by atoms with Gasteiger partial charge in [0.05, 0.1) is 16.6 Å². The zero-order chi connectivity index (χ0) is 24.8. The highest BCUT2D eigenvalue weighted by Gasteiger charge is 2.47. The largest absolute Gasteiger partial charge is 0.416 e. The first-order chi connectivity index (χ1) is 15.1. The van der Waals surface area contributed by atoms with Crippen LogP contribution in [0, 0.1) is 17.3 Å². The van der Waals surface area contributed by atoms with Gasteiger partial charge < -0.3 is 10.6 Å². The van der Waals surface area contributed by atoms with Crippen LogP contribution in [0.25, 0.3) is 0 Å². The number of carbonyl (C=O) groups excluding carboxylic acids is 1. The summed E-state index contributed by atoms with van der Waals surface area (Å²) < 4.78 is 66.3. The summed E-state index contributed by atoms with van der Waals surface area (Å²) in [5.41, 5.74) is -1.04. The Labute approximate surface area is 198 Å². The van der Waals surface area contributed by atoms with E-state index in [2.05, 4.69) is 31.4 Å². The molecule has 1 saturated heterocycles. The fourth-order valence-corrected chi connectivity index (χ4v) is 6.90. The average molecular weight is 510 g/mol. The first-order valence-electron chi connectivity index (χ1n) is 11.0. The number of hydrogen-bond acceptors (Lipinski definition) is 4. The number of carbonyl (C=O) groups is 1. The van der Waals surface area contributed by atoms with E-state index < -0.39 is 26.8 Å². The van der Waals surface area contributed by atoms with Crippen LogP contribution in [0.5, 0.6) is 0 Å². The number of halogens is 4. The number of sulfonamides is 1. The summed E-state index contributed by atoms with van der Waals surface area (Å²) in [6.45, 7) is 6.62. The average Bonchev–Trinajstić information content (AvgIpc) is 3.27. The highest BCUT2D eigenvalue weighted by molar-refractivity contribution is 7.89. The van der Waals surface area contributed by atoms with E-state index in [9.17, 15) is 26.4 Å². The van der Waals surface area contributed by atoms with Crippen molar-refractivity contribution in [2.75, 3.05) is 20.1 Å². The molecular formula is C22H31ClF3N3O3S. The lowest BCUT2D eigenvalue weighted by Crippen LogP contribution is -2.49. The Morgan fingerprint density at radius 1 is 1.21 bits per heavy atom. The predicted octanol–water partition coefficient (Wildman–Crippen LogP) is 3.90.